The first-order valence-corrected chi connectivity index (χ1v) is 7.96. The fraction of sp³-hybridized carbons (Fsp3) is 0.500. The van der Waals surface area contributed by atoms with Crippen LogP contribution in [0.15, 0.2) is 23.1 Å². The number of non-ortho nitro benzene ring substituents is 1. The number of benzene rings is 1. The molecule has 0 heterocycles. The highest BCUT2D eigenvalue weighted by Crippen LogP contribution is 2.30. The summed E-state index contributed by atoms with van der Waals surface area (Å²) < 4.78 is 28.4. The monoisotopic (exact) mass is 315 g/mol. The molecule has 9 heteroatoms. The number of nitro benzene ring substituents is 1. The molecule has 0 aromatic heterocycles. The van der Waals surface area contributed by atoms with E-state index in [4.69, 9.17) is 9.88 Å². The highest BCUT2D eigenvalue weighted by Gasteiger charge is 2.26. The van der Waals surface area contributed by atoms with Gasteiger partial charge in [-0.2, -0.15) is 0 Å². The van der Waals surface area contributed by atoms with Gasteiger partial charge in [0.25, 0.3) is 5.69 Å². The first-order chi connectivity index (χ1) is 9.81. The van der Waals surface area contributed by atoms with Crippen molar-refractivity contribution in [1.82, 2.24) is 0 Å². The Morgan fingerprint density at radius 3 is 2.67 bits per heavy atom. The van der Waals surface area contributed by atoms with Crippen LogP contribution in [0.5, 0.6) is 0 Å². The summed E-state index contributed by atoms with van der Waals surface area (Å²) >= 11 is 0. The second-order valence-electron chi connectivity index (χ2n) is 4.99. The molecular weight excluding hydrogens is 298 g/mol. The lowest BCUT2D eigenvalue weighted by atomic mass is 10.2. The molecule has 1 aromatic carbocycles. The van der Waals surface area contributed by atoms with Crippen LogP contribution in [-0.4, -0.2) is 32.6 Å². The van der Waals surface area contributed by atoms with Gasteiger partial charge in [-0.25, -0.2) is 13.6 Å². The van der Waals surface area contributed by atoms with E-state index >= 15 is 0 Å². The largest absolute Gasteiger partial charge is 0.381 e. The number of primary sulfonamides is 1. The Labute approximate surface area is 122 Å². The topological polar surface area (TPSA) is 125 Å². The number of hydrogen-bond acceptors (Lipinski definition) is 6. The molecule has 8 nitrogen and oxygen atoms in total. The molecule has 3 N–H and O–H groups in total. The molecule has 1 aliphatic rings. The molecule has 0 bridgehead atoms. The van der Waals surface area contributed by atoms with E-state index in [2.05, 4.69) is 5.32 Å². The standard InChI is InChI=1S/C12H17N3O5S/c1-20-10-4-2-8(6-10)14-11-7-9(15(16)17)3-5-12(11)21(13,18)19/h3,5,7-8,10,14H,2,4,6H2,1H3,(H2,13,18,19). The Morgan fingerprint density at radius 2 is 2.14 bits per heavy atom. The van der Waals surface area contributed by atoms with Crippen LogP contribution in [0.4, 0.5) is 11.4 Å². The molecule has 1 aromatic rings. The van der Waals surface area contributed by atoms with Crippen molar-refractivity contribution in [1.29, 1.82) is 0 Å². The Hall–Kier alpha value is -1.71. The molecule has 0 aliphatic heterocycles. The molecule has 0 amide bonds. The fourth-order valence-electron chi connectivity index (χ4n) is 2.50. The molecule has 2 atom stereocenters. The number of rotatable bonds is 5. The molecule has 1 fully saturated rings. The molecule has 0 radical (unpaired) electrons. The van der Waals surface area contributed by atoms with E-state index in [1.165, 1.54) is 6.07 Å². The van der Waals surface area contributed by atoms with Gasteiger partial charge in [-0.15, -0.1) is 0 Å². The van der Waals surface area contributed by atoms with E-state index in [1.54, 1.807) is 7.11 Å². The second kappa shape index (κ2) is 5.96. The van der Waals surface area contributed by atoms with Crippen molar-refractivity contribution in [3.8, 4) is 0 Å². The number of nitrogens with one attached hydrogen (secondary N) is 1. The molecular formula is C12H17N3O5S. The third kappa shape index (κ3) is 3.69. The lowest BCUT2D eigenvalue weighted by Crippen LogP contribution is -2.21. The van der Waals surface area contributed by atoms with Crippen LogP contribution in [0.1, 0.15) is 19.3 Å². The summed E-state index contributed by atoms with van der Waals surface area (Å²) in [5, 5.41) is 19.0. The SMILES string of the molecule is COC1CCC(Nc2cc([N+](=O)[O-])ccc2S(N)(=O)=O)C1. The molecule has 0 saturated heterocycles. The number of nitro groups is 1. The van der Waals surface area contributed by atoms with Gasteiger partial charge in [0.2, 0.25) is 10.0 Å². The molecule has 0 spiro atoms. The number of methoxy groups -OCH3 is 1. The molecule has 21 heavy (non-hydrogen) atoms. The minimum atomic E-state index is -3.95. The number of anilines is 1. The Kier molecular flexibility index (Phi) is 4.45. The summed E-state index contributed by atoms with van der Waals surface area (Å²) in [5.41, 5.74) is -0.0281. The van der Waals surface area contributed by atoms with Gasteiger partial charge in [0.05, 0.1) is 16.7 Å². The highest BCUT2D eigenvalue weighted by molar-refractivity contribution is 7.89. The summed E-state index contributed by atoms with van der Waals surface area (Å²) in [6, 6.07) is 3.47. The fourth-order valence-corrected chi connectivity index (χ4v) is 3.18. The summed E-state index contributed by atoms with van der Waals surface area (Å²) in [5.74, 6) is 0. The van der Waals surface area contributed by atoms with Gasteiger partial charge >= 0.3 is 0 Å². The molecule has 2 unspecified atom stereocenters. The molecule has 2 rings (SSSR count). The summed E-state index contributed by atoms with van der Waals surface area (Å²) in [6.45, 7) is 0. The van der Waals surface area contributed by atoms with Gasteiger partial charge in [0.15, 0.2) is 0 Å². The summed E-state index contributed by atoms with van der Waals surface area (Å²) in [4.78, 5) is 10.1. The number of hydrogen-bond donors (Lipinski definition) is 2. The van der Waals surface area contributed by atoms with Crippen molar-refractivity contribution in [2.24, 2.45) is 5.14 Å². The number of ether oxygens (including phenoxy) is 1. The van der Waals surface area contributed by atoms with Crippen molar-refractivity contribution in [2.45, 2.75) is 36.3 Å². The average Bonchev–Trinajstić information content (AvgIpc) is 2.85. The van der Waals surface area contributed by atoms with Crippen LogP contribution < -0.4 is 10.5 Å². The minimum Gasteiger partial charge on any atom is -0.381 e. The van der Waals surface area contributed by atoms with Gasteiger partial charge in [-0.1, -0.05) is 0 Å². The van der Waals surface area contributed by atoms with Gasteiger partial charge in [-0.05, 0) is 25.3 Å². The highest BCUT2D eigenvalue weighted by atomic mass is 32.2. The summed E-state index contributed by atoms with van der Waals surface area (Å²) in [6.07, 6.45) is 2.47. The maximum Gasteiger partial charge on any atom is 0.271 e. The van der Waals surface area contributed by atoms with E-state index in [9.17, 15) is 18.5 Å². The molecule has 1 saturated carbocycles. The van der Waals surface area contributed by atoms with Crippen LogP contribution in [0.2, 0.25) is 0 Å². The summed E-state index contributed by atoms with van der Waals surface area (Å²) in [7, 11) is -2.33. The van der Waals surface area contributed by atoms with Gasteiger partial charge in [0.1, 0.15) is 4.90 Å². The second-order valence-corrected chi connectivity index (χ2v) is 6.52. The third-order valence-corrected chi connectivity index (χ3v) is 4.53. The lowest BCUT2D eigenvalue weighted by molar-refractivity contribution is -0.384. The predicted octanol–water partition coefficient (Wildman–Crippen LogP) is 1.22. The number of nitrogens with zero attached hydrogens (tertiary/aromatic N) is 1. The van der Waals surface area contributed by atoms with E-state index in [0.29, 0.717) is 6.42 Å². The normalized spacial score (nSPS) is 22.2. The van der Waals surface area contributed by atoms with Crippen molar-refractivity contribution in [3.05, 3.63) is 28.3 Å². The van der Waals surface area contributed by atoms with Gasteiger partial charge in [0, 0.05) is 25.3 Å². The van der Waals surface area contributed by atoms with E-state index in [-0.39, 0.29) is 28.4 Å². The Bertz CT molecular complexity index is 646. The Balaban J connectivity index is 2.31. The zero-order valence-corrected chi connectivity index (χ0v) is 12.3. The van der Waals surface area contributed by atoms with Crippen LogP contribution >= 0.6 is 0 Å². The van der Waals surface area contributed by atoms with Gasteiger partial charge < -0.3 is 10.1 Å². The maximum absolute atomic E-state index is 11.6. The quantitative estimate of drug-likeness (QED) is 0.621. The Morgan fingerprint density at radius 1 is 1.43 bits per heavy atom. The average molecular weight is 315 g/mol. The van der Waals surface area contributed by atoms with Crippen LogP contribution in [0.3, 0.4) is 0 Å². The first-order valence-electron chi connectivity index (χ1n) is 6.42. The predicted molar refractivity (Wildman–Crippen MR) is 76.5 cm³/mol. The minimum absolute atomic E-state index is 0.00236. The van der Waals surface area contributed by atoms with E-state index in [0.717, 1.165) is 25.0 Å². The first kappa shape index (κ1) is 15.7. The van der Waals surface area contributed by atoms with Crippen molar-refractivity contribution in [2.75, 3.05) is 12.4 Å². The van der Waals surface area contributed by atoms with Crippen LogP contribution in [0.25, 0.3) is 0 Å². The van der Waals surface area contributed by atoms with E-state index < -0.39 is 14.9 Å². The van der Waals surface area contributed by atoms with Crippen molar-refractivity contribution >= 4 is 21.4 Å². The zero-order chi connectivity index (χ0) is 15.6. The number of nitrogens with two attached hydrogens (primary N) is 1. The van der Waals surface area contributed by atoms with Crippen LogP contribution in [0, 0.1) is 10.1 Å². The lowest BCUT2D eigenvalue weighted by Gasteiger charge is -2.16. The van der Waals surface area contributed by atoms with Gasteiger partial charge in [-0.3, -0.25) is 10.1 Å². The van der Waals surface area contributed by atoms with Crippen LogP contribution in [-0.2, 0) is 14.8 Å². The number of sulfonamides is 1. The third-order valence-electron chi connectivity index (χ3n) is 3.56. The molecule has 1 aliphatic carbocycles. The zero-order valence-electron chi connectivity index (χ0n) is 11.5. The van der Waals surface area contributed by atoms with Crippen molar-refractivity contribution in [3.63, 3.8) is 0 Å². The maximum atomic E-state index is 11.6. The van der Waals surface area contributed by atoms with E-state index in [1.807, 2.05) is 0 Å². The van der Waals surface area contributed by atoms with Crippen molar-refractivity contribution < 1.29 is 18.1 Å². The smallest absolute Gasteiger partial charge is 0.271 e. The molecule has 116 valence electrons.